The van der Waals surface area contributed by atoms with Gasteiger partial charge in [-0.25, -0.2) is 4.39 Å². The lowest BCUT2D eigenvalue weighted by Gasteiger charge is -2.40. The van der Waals surface area contributed by atoms with E-state index >= 15 is 0 Å². The van der Waals surface area contributed by atoms with E-state index in [9.17, 15) is 14.0 Å². The second-order valence-electron chi connectivity index (χ2n) is 6.73. The third kappa shape index (κ3) is 2.95. The number of nitrogens with zero attached hydrogens (tertiary/aromatic N) is 1. The SMILES string of the molecule is CC1=CC(C)(C)N(C)c2cc(F)c(C=C3C(=O)NC(=S)NC3=O)cc21. The predicted octanol–water partition coefficient (Wildman–Crippen LogP) is 2.37. The quantitative estimate of drug-likeness (QED) is 0.459. The maximum atomic E-state index is 14.6. The van der Waals surface area contributed by atoms with Crippen molar-refractivity contribution < 1.29 is 14.0 Å². The maximum Gasteiger partial charge on any atom is 0.263 e. The average Bonchev–Trinajstić information content (AvgIpc) is 2.49. The summed E-state index contributed by atoms with van der Waals surface area (Å²) in [7, 11) is 1.91. The number of fused-ring (bicyclic) bond motifs is 1. The molecule has 1 aromatic rings. The Morgan fingerprint density at radius 1 is 1.20 bits per heavy atom. The van der Waals surface area contributed by atoms with Crippen molar-refractivity contribution in [2.24, 2.45) is 0 Å². The van der Waals surface area contributed by atoms with Crippen LogP contribution in [0.1, 0.15) is 31.9 Å². The molecule has 0 radical (unpaired) electrons. The van der Waals surface area contributed by atoms with Crippen molar-refractivity contribution in [2.45, 2.75) is 26.3 Å². The van der Waals surface area contributed by atoms with Crippen LogP contribution in [0.25, 0.3) is 11.6 Å². The number of benzene rings is 1. The summed E-state index contributed by atoms with van der Waals surface area (Å²) in [4.78, 5) is 25.9. The number of nitrogens with one attached hydrogen (secondary N) is 2. The van der Waals surface area contributed by atoms with Gasteiger partial charge in [-0.15, -0.1) is 0 Å². The largest absolute Gasteiger partial charge is 0.365 e. The predicted molar refractivity (Wildman–Crippen MR) is 99.4 cm³/mol. The van der Waals surface area contributed by atoms with Crippen LogP contribution in [0.4, 0.5) is 10.1 Å². The molecule has 7 heteroatoms. The molecule has 3 rings (SSSR count). The zero-order chi connectivity index (χ0) is 18.5. The fourth-order valence-electron chi connectivity index (χ4n) is 3.06. The molecule has 1 saturated heterocycles. The van der Waals surface area contributed by atoms with E-state index in [0.29, 0.717) is 0 Å². The smallest absolute Gasteiger partial charge is 0.263 e. The summed E-state index contributed by atoms with van der Waals surface area (Å²) in [5, 5.41) is 4.62. The topological polar surface area (TPSA) is 61.4 Å². The lowest BCUT2D eigenvalue weighted by atomic mass is 9.88. The number of halogens is 1. The Morgan fingerprint density at radius 3 is 2.40 bits per heavy atom. The summed E-state index contributed by atoms with van der Waals surface area (Å²) in [6.45, 7) is 6.06. The molecule has 0 atom stereocenters. The van der Waals surface area contributed by atoms with Crippen LogP contribution in [-0.2, 0) is 9.59 Å². The van der Waals surface area contributed by atoms with E-state index in [1.54, 1.807) is 6.07 Å². The van der Waals surface area contributed by atoms with Gasteiger partial charge in [0.2, 0.25) is 0 Å². The van der Waals surface area contributed by atoms with Crippen molar-refractivity contribution in [3.8, 4) is 0 Å². The van der Waals surface area contributed by atoms with E-state index < -0.39 is 17.6 Å². The van der Waals surface area contributed by atoms with Crippen molar-refractivity contribution in [3.63, 3.8) is 0 Å². The molecule has 2 N–H and O–H groups in total. The van der Waals surface area contributed by atoms with Crippen LogP contribution in [-0.4, -0.2) is 29.5 Å². The van der Waals surface area contributed by atoms with Gasteiger partial charge in [0.05, 0.1) is 5.54 Å². The number of allylic oxidation sites excluding steroid dienone is 1. The van der Waals surface area contributed by atoms with Crippen LogP contribution in [0.3, 0.4) is 0 Å². The molecule has 1 aromatic carbocycles. The van der Waals surface area contributed by atoms with Gasteiger partial charge in [-0.2, -0.15) is 0 Å². The minimum absolute atomic E-state index is 0.0549. The van der Waals surface area contributed by atoms with E-state index in [0.717, 1.165) is 16.8 Å². The Bertz CT molecular complexity index is 865. The number of anilines is 1. The first-order valence-corrected chi connectivity index (χ1v) is 8.16. The van der Waals surface area contributed by atoms with Crippen molar-refractivity contribution in [3.05, 3.63) is 40.7 Å². The van der Waals surface area contributed by atoms with E-state index in [2.05, 4.69) is 16.7 Å². The van der Waals surface area contributed by atoms with Gasteiger partial charge in [0.1, 0.15) is 11.4 Å². The minimum atomic E-state index is -0.642. The number of rotatable bonds is 1. The molecule has 5 nitrogen and oxygen atoms in total. The molecule has 0 spiro atoms. The summed E-state index contributed by atoms with van der Waals surface area (Å²) in [5.41, 5.74) is 2.40. The molecule has 2 amide bonds. The van der Waals surface area contributed by atoms with E-state index in [-0.39, 0.29) is 21.8 Å². The highest BCUT2D eigenvalue weighted by molar-refractivity contribution is 7.80. The van der Waals surface area contributed by atoms with Gasteiger partial charge in [-0.05, 0) is 56.8 Å². The van der Waals surface area contributed by atoms with E-state index in [1.165, 1.54) is 12.1 Å². The Morgan fingerprint density at radius 2 is 1.80 bits per heavy atom. The van der Waals surface area contributed by atoms with Crippen LogP contribution in [0.2, 0.25) is 0 Å². The Labute approximate surface area is 150 Å². The summed E-state index contributed by atoms with van der Waals surface area (Å²) >= 11 is 4.75. The van der Waals surface area contributed by atoms with Crippen LogP contribution in [0.15, 0.2) is 23.8 Å². The van der Waals surface area contributed by atoms with E-state index in [1.807, 2.05) is 32.7 Å². The molecule has 0 bridgehead atoms. The summed E-state index contributed by atoms with van der Waals surface area (Å²) in [6, 6.07) is 3.09. The highest BCUT2D eigenvalue weighted by Gasteiger charge is 2.30. The third-order valence-electron chi connectivity index (χ3n) is 4.58. The molecule has 2 aliphatic heterocycles. The number of carbonyl (C=O) groups is 2. The number of hydrogen-bond acceptors (Lipinski definition) is 4. The zero-order valence-electron chi connectivity index (χ0n) is 14.4. The Kier molecular flexibility index (Phi) is 3.99. The van der Waals surface area contributed by atoms with Gasteiger partial charge in [-0.3, -0.25) is 20.2 Å². The highest BCUT2D eigenvalue weighted by Crippen LogP contribution is 2.39. The molecule has 0 unspecified atom stereocenters. The average molecular weight is 359 g/mol. The first kappa shape index (κ1) is 17.3. The second-order valence-corrected chi connectivity index (χ2v) is 7.13. The highest BCUT2D eigenvalue weighted by atomic mass is 32.1. The first-order chi connectivity index (χ1) is 11.6. The van der Waals surface area contributed by atoms with Gasteiger partial charge >= 0.3 is 0 Å². The number of thiocarbonyl (C=S) groups is 1. The molecule has 0 aromatic heterocycles. The fourth-order valence-corrected chi connectivity index (χ4v) is 3.25. The Balaban J connectivity index is 2.10. The van der Waals surface area contributed by atoms with Crippen LogP contribution < -0.4 is 15.5 Å². The molecule has 1 fully saturated rings. The van der Waals surface area contributed by atoms with Crippen LogP contribution in [0.5, 0.6) is 0 Å². The molecule has 130 valence electrons. The molecule has 2 heterocycles. The molecule has 25 heavy (non-hydrogen) atoms. The molecule has 2 aliphatic rings. The number of amides is 2. The summed E-state index contributed by atoms with van der Waals surface area (Å²) < 4.78 is 14.6. The normalized spacial score (nSPS) is 19.1. The van der Waals surface area contributed by atoms with Gasteiger partial charge in [0.15, 0.2) is 5.11 Å². The van der Waals surface area contributed by atoms with Crippen LogP contribution >= 0.6 is 12.2 Å². The zero-order valence-corrected chi connectivity index (χ0v) is 15.2. The number of hydrogen-bond donors (Lipinski definition) is 2. The molecule has 0 saturated carbocycles. The monoisotopic (exact) mass is 359 g/mol. The lowest BCUT2D eigenvalue weighted by molar-refractivity contribution is -0.123. The molecule has 0 aliphatic carbocycles. The first-order valence-electron chi connectivity index (χ1n) is 7.76. The van der Waals surface area contributed by atoms with Crippen molar-refractivity contribution in [1.29, 1.82) is 0 Å². The third-order valence-corrected chi connectivity index (χ3v) is 4.78. The number of carbonyl (C=O) groups excluding carboxylic acids is 2. The number of likely N-dealkylation sites (N-methyl/N-ethyl adjacent to an activating group) is 1. The minimum Gasteiger partial charge on any atom is -0.365 e. The summed E-state index contributed by atoms with van der Waals surface area (Å²) in [6.07, 6.45) is 3.34. The van der Waals surface area contributed by atoms with Crippen molar-refractivity contribution in [2.75, 3.05) is 11.9 Å². The van der Waals surface area contributed by atoms with Crippen LogP contribution in [0, 0.1) is 5.82 Å². The second kappa shape index (κ2) is 5.77. The lowest BCUT2D eigenvalue weighted by Crippen LogP contribution is -2.51. The molecular weight excluding hydrogens is 341 g/mol. The Hall–Kier alpha value is -2.54. The van der Waals surface area contributed by atoms with Gasteiger partial charge in [0.25, 0.3) is 11.8 Å². The van der Waals surface area contributed by atoms with Gasteiger partial charge in [-0.1, -0.05) is 6.08 Å². The summed E-state index contributed by atoms with van der Waals surface area (Å²) in [5.74, 6) is -1.79. The van der Waals surface area contributed by atoms with Crippen molar-refractivity contribution >= 4 is 46.5 Å². The van der Waals surface area contributed by atoms with Crippen molar-refractivity contribution in [1.82, 2.24) is 10.6 Å². The van der Waals surface area contributed by atoms with E-state index in [4.69, 9.17) is 12.2 Å². The van der Waals surface area contributed by atoms with Gasteiger partial charge < -0.3 is 4.90 Å². The molecular formula is C18H18FN3O2S. The van der Waals surface area contributed by atoms with Gasteiger partial charge in [0, 0.05) is 23.9 Å². The maximum absolute atomic E-state index is 14.6. The standard InChI is InChI=1S/C18H18FN3O2S/c1-9-8-18(2,3)22(4)14-7-13(19)10(5-11(9)14)6-12-15(23)20-17(25)21-16(12)24/h5-8H,1-4H3,(H2,20,21,23,24,25). The fraction of sp³-hybridized carbons (Fsp3) is 0.278.